The van der Waals surface area contributed by atoms with Crippen LogP contribution in [0.3, 0.4) is 0 Å². The standard InChI is InChI=1S/C17H27N3O2/c1-3-18-17(21)15(2)20-11-9-19(10-12-20)13-14-22-16-7-5-4-6-8-16/h4-8,15H,3,9-14H2,1-2H3,(H,18,21)/p+2/t15-/m0/s1. The number of hydrogen-bond acceptors (Lipinski definition) is 2. The summed E-state index contributed by atoms with van der Waals surface area (Å²) in [6.07, 6.45) is 0. The van der Waals surface area contributed by atoms with Gasteiger partial charge < -0.3 is 19.9 Å². The predicted molar refractivity (Wildman–Crippen MR) is 86.3 cm³/mol. The second-order valence-corrected chi connectivity index (χ2v) is 5.94. The maximum absolute atomic E-state index is 11.9. The molecule has 2 rings (SSSR count). The summed E-state index contributed by atoms with van der Waals surface area (Å²) in [6.45, 7) is 10.8. The number of carbonyl (C=O) groups is 1. The van der Waals surface area contributed by atoms with E-state index in [4.69, 9.17) is 4.74 Å². The molecular formula is C17H29N3O2+2. The Balaban J connectivity index is 1.65. The number of benzene rings is 1. The second-order valence-electron chi connectivity index (χ2n) is 5.94. The van der Waals surface area contributed by atoms with Crippen LogP contribution >= 0.6 is 0 Å². The van der Waals surface area contributed by atoms with Crippen LogP contribution in [0.1, 0.15) is 13.8 Å². The topological polar surface area (TPSA) is 47.2 Å². The molecule has 1 saturated heterocycles. The molecule has 0 aliphatic carbocycles. The first kappa shape index (κ1) is 16.8. The maximum Gasteiger partial charge on any atom is 0.278 e. The molecule has 0 radical (unpaired) electrons. The van der Waals surface area contributed by atoms with Gasteiger partial charge in [0.2, 0.25) is 0 Å². The molecule has 0 bridgehead atoms. The lowest BCUT2D eigenvalue weighted by atomic mass is 10.2. The van der Waals surface area contributed by atoms with Gasteiger partial charge in [-0.2, -0.15) is 0 Å². The van der Waals surface area contributed by atoms with E-state index in [1.807, 2.05) is 44.2 Å². The minimum Gasteiger partial charge on any atom is -0.488 e. The van der Waals surface area contributed by atoms with Gasteiger partial charge in [-0.05, 0) is 26.0 Å². The van der Waals surface area contributed by atoms with Crippen molar-refractivity contribution in [2.75, 3.05) is 45.9 Å². The fraction of sp³-hybridized carbons (Fsp3) is 0.588. The minimum atomic E-state index is 0.0575. The molecule has 22 heavy (non-hydrogen) atoms. The number of rotatable bonds is 7. The fourth-order valence-corrected chi connectivity index (χ4v) is 2.95. The molecule has 1 aromatic rings. The van der Waals surface area contributed by atoms with E-state index in [1.54, 1.807) is 4.90 Å². The zero-order valence-corrected chi connectivity index (χ0v) is 13.7. The Morgan fingerprint density at radius 2 is 1.91 bits per heavy atom. The van der Waals surface area contributed by atoms with Gasteiger partial charge in [0.05, 0.1) is 0 Å². The van der Waals surface area contributed by atoms with Crippen LogP contribution in [0.4, 0.5) is 0 Å². The summed E-state index contributed by atoms with van der Waals surface area (Å²) in [6, 6.07) is 10.0. The molecule has 1 fully saturated rings. The molecule has 0 spiro atoms. The van der Waals surface area contributed by atoms with Crippen LogP contribution in [0.2, 0.25) is 0 Å². The number of nitrogens with one attached hydrogen (secondary N) is 3. The predicted octanol–water partition coefficient (Wildman–Crippen LogP) is -1.63. The van der Waals surface area contributed by atoms with Crippen molar-refractivity contribution in [1.29, 1.82) is 0 Å². The van der Waals surface area contributed by atoms with E-state index < -0.39 is 0 Å². The molecule has 5 heteroatoms. The van der Waals surface area contributed by atoms with E-state index in [-0.39, 0.29) is 11.9 Å². The molecule has 122 valence electrons. The lowest BCUT2D eigenvalue weighted by Crippen LogP contribution is -3.30. The Morgan fingerprint density at radius 1 is 1.23 bits per heavy atom. The van der Waals surface area contributed by atoms with Crippen molar-refractivity contribution < 1.29 is 19.3 Å². The van der Waals surface area contributed by atoms with Crippen LogP contribution in [0.5, 0.6) is 5.75 Å². The minimum absolute atomic E-state index is 0.0575. The number of para-hydroxylation sites is 1. The van der Waals surface area contributed by atoms with Crippen molar-refractivity contribution in [3.8, 4) is 5.75 Å². The van der Waals surface area contributed by atoms with E-state index in [1.165, 1.54) is 4.90 Å². The molecule has 0 saturated carbocycles. The summed E-state index contributed by atoms with van der Waals surface area (Å²) >= 11 is 0. The molecule has 1 atom stereocenters. The van der Waals surface area contributed by atoms with Crippen LogP contribution in [-0.2, 0) is 4.79 Å². The third kappa shape index (κ3) is 5.00. The normalized spacial score (nSPS) is 22.8. The number of carbonyl (C=O) groups excluding carboxylic acids is 1. The lowest BCUT2D eigenvalue weighted by molar-refractivity contribution is -1.02. The van der Waals surface area contributed by atoms with Crippen LogP contribution in [0.15, 0.2) is 30.3 Å². The summed E-state index contributed by atoms with van der Waals surface area (Å²) in [4.78, 5) is 14.9. The fourth-order valence-electron chi connectivity index (χ4n) is 2.95. The molecule has 1 aliphatic heterocycles. The van der Waals surface area contributed by atoms with E-state index in [0.717, 1.165) is 45.1 Å². The molecular weight excluding hydrogens is 278 g/mol. The summed E-state index contributed by atoms with van der Waals surface area (Å²) in [5.74, 6) is 1.12. The van der Waals surface area contributed by atoms with Gasteiger partial charge in [-0.25, -0.2) is 0 Å². The first-order chi connectivity index (χ1) is 10.7. The molecule has 0 unspecified atom stereocenters. The zero-order chi connectivity index (χ0) is 15.8. The molecule has 3 N–H and O–H groups in total. The Morgan fingerprint density at radius 3 is 2.55 bits per heavy atom. The van der Waals surface area contributed by atoms with Crippen LogP contribution in [0, 0.1) is 0 Å². The van der Waals surface area contributed by atoms with Crippen LogP contribution in [0.25, 0.3) is 0 Å². The highest BCUT2D eigenvalue weighted by Crippen LogP contribution is 2.06. The summed E-state index contributed by atoms with van der Waals surface area (Å²) in [5, 5.41) is 2.92. The Bertz CT molecular complexity index is 444. The van der Waals surface area contributed by atoms with Gasteiger partial charge in [-0.3, -0.25) is 4.79 Å². The first-order valence-electron chi connectivity index (χ1n) is 8.34. The maximum atomic E-state index is 11.9. The van der Waals surface area contributed by atoms with Crippen molar-refractivity contribution >= 4 is 5.91 Å². The number of piperazine rings is 1. The molecule has 1 amide bonds. The van der Waals surface area contributed by atoms with Gasteiger partial charge in [0.25, 0.3) is 5.91 Å². The highest BCUT2D eigenvalue weighted by atomic mass is 16.5. The van der Waals surface area contributed by atoms with E-state index >= 15 is 0 Å². The van der Waals surface area contributed by atoms with Crippen LogP contribution < -0.4 is 19.9 Å². The number of hydrogen-bond donors (Lipinski definition) is 3. The van der Waals surface area contributed by atoms with Crippen molar-refractivity contribution in [3.05, 3.63) is 30.3 Å². The van der Waals surface area contributed by atoms with E-state index in [0.29, 0.717) is 6.54 Å². The zero-order valence-electron chi connectivity index (χ0n) is 13.7. The third-order valence-electron chi connectivity index (χ3n) is 4.42. The average Bonchev–Trinajstić information content (AvgIpc) is 2.56. The number of amides is 1. The largest absolute Gasteiger partial charge is 0.488 e. The smallest absolute Gasteiger partial charge is 0.278 e. The average molecular weight is 307 g/mol. The van der Waals surface area contributed by atoms with Gasteiger partial charge >= 0.3 is 0 Å². The van der Waals surface area contributed by atoms with Gasteiger partial charge in [0.15, 0.2) is 6.04 Å². The Hall–Kier alpha value is -1.59. The number of likely N-dealkylation sites (N-methyl/N-ethyl adjacent to an activating group) is 1. The Labute approximate surface area is 133 Å². The van der Waals surface area contributed by atoms with Crippen LogP contribution in [-0.4, -0.2) is 57.8 Å². The monoisotopic (exact) mass is 307 g/mol. The third-order valence-corrected chi connectivity index (χ3v) is 4.42. The number of ether oxygens (including phenoxy) is 1. The van der Waals surface area contributed by atoms with Crippen molar-refractivity contribution in [3.63, 3.8) is 0 Å². The lowest BCUT2D eigenvalue weighted by Gasteiger charge is -2.32. The highest BCUT2D eigenvalue weighted by molar-refractivity contribution is 5.79. The highest BCUT2D eigenvalue weighted by Gasteiger charge is 2.30. The summed E-state index contributed by atoms with van der Waals surface area (Å²) in [7, 11) is 0. The molecule has 1 aliphatic rings. The molecule has 1 aromatic carbocycles. The SMILES string of the molecule is CCNC(=O)[C@H](C)[NH+]1CC[NH+](CCOc2ccccc2)CC1. The first-order valence-corrected chi connectivity index (χ1v) is 8.34. The number of quaternary nitrogens is 2. The van der Waals surface area contributed by atoms with Crippen molar-refractivity contribution in [2.24, 2.45) is 0 Å². The summed E-state index contributed by atoms with van der Waals surface area (Å²) < 4.78 is 5.76. The van der Waals surface area contributed by atoms with Crippen molar-refractivity contribution in [2.45, 2.75) is 19.9 Å². The summed E-state index contributed by atoms with van der Waals surface area (Å²) in [5.41, 5.74) is 0. The molecule has 0 aromatic heterocycles. The van der Waals surface area contributed by atoms with Gasteiger partial charge in [-0.15, -0.1) is 0 Å². The van der Waals surface area contributed by atoms with Gasteiger partial charge in [0, 0.05) is 6.54 Å². The van der Waals surface area contributed by atoms with Gasteiger partial charge in [-0.1, -0.05) is 18.2 Å². The quantitative estimate of drug-likeness (QED) is 0.567. The van der Waals surface area contributed by atoms with E-state index in [9.17, 15) is 4.79 Å². The van der Waals surface area contributed by atoms with Gasteiger partial charge in [0.1, 0.15) is 45.1 Å². The van der Waals surface area contributed by atoms with Crippen molar-refractivity contribution in [1.82, 2.24) is 5.32 Å². The Kier molecular flexibility index (Phi) is 6.68. The van der Waals surface area contributed by atoms with E-state index in [2.05, 4.69) is 5.32 Å². The second kappa shape index (κ2) is 8.76. The molecule has 1 heterocycles. The molecule has 5 nitrogen and oxygen atoms in total.